The van der Waals surface area contributed by atoms with Crippen molar-refractivity contribution in [3.05, 3.63) is 71.8 Å². The van der Waals surface area contributed by atoms with E-state index in [1.165, 1.54) is 0 Å². The third-order valence-electron chi connectivity index (χ3n) is 5.32. The molecular weight excluding hydrogens is 434 g/mol. The summed E-state index contributed by atoms with van der Waals surface area (Å²) in [5, 5.41) is 0. The Morgan fingerprint density at radius 1 is 0.970 bits per heavy atom. The van der Waals surface area contributed by atoms with Gasteiger partial charge in [-0.25, -0.2) is 13.2 Å². The Kier molecular flexibility index (Phi) is 10.4. The van der Waals surface area contributed by atoms with Gasteiger partial charge in [-0.1, -0.05) is 69.2 Å². The highest BCUT2D eigenvalue weighted by molar-refractivity contribution is 7.91. The number of likely N-dealkylation sites (N-methyl/N-ethyl adjacent to an activating group) is 1. The van der Waals surface area contributed by atoms with E-state index in [4.69, 9.17) is 4.74 Å². The molecule has 0 aliphatic rings. The van der Waals surface area contributed by atoms with Crippen molar-refractivity contribution in [2.75, 3.05) is 30.9 Å². The van der Waals surface area contributed by atoms with E-state index in [9.17, 15) is 13.2 Å². The summed E-state index contributed by atoms with van der Waals surface area (Å²) in [7, 11) is -1.27. The highest BCUT2D eigenvalue weighted by Crippen LogP contribution is 2.18. The van der Waals surface area contributed by atoms with E-state index in [1.54, 1.807) is 19.1 Å². The number of benzene rings is 2. The van der Waals surface area contributed by atoms with Crippen molar-refractivity contribution in [2.45, 2.75) is 44.4 Å². The zero-order valence-electron chi connectivity index (χ0n) is 19.9. The minimum Gasteiger partial charge on any atom is -0.460 e. The largest absolute Gasteiger partial charge is 0.460 e. The molecule has 0 saturated carbocycles. The topological polar surface area (TPSA) is 63.7 Å². The van der Waals surface area contributed by atoms with Crippen molar-refractivity contribution < 1.29 is 17.9 Å². The molecule has 0 amide bonds. The molecule has 33 heavy (non-hydrogen) atoms. The highest BCUT2D eigenvalue weighted by atomic mass is 32.2. The maximum atomic E-state index is 12.5. The second-order valence-electron chi connectivity index (χ2n) is 8.21. The van der Waals surface area contributed by atoms with E-state index in [0.29, 0.717) is 30.0 Å². The van der Waals surface area contributed by atoms with E-state index in [2.05, 4.69) is 13.5 Å². The van der Waals surface area contributed by atoms with Gasteiger partial charge < -0.3 is 9.64 Å². The summed E-state index contributed by atoms with van der Waals surface area (Å²) in [4.78, 5) is 13.8. The third-order valence-corrected chi connectivity index (χ3v) is 7.13. The van der Waals surface area contributed by atoms with Gasteiger partial charge in [-0.15, -0.1) is 0 Å². The van der Waals surface area contributed by atoms with Gasteiger partial charge in [-0.05, 0) is 48.7 Å². The van der Waals surface area contributed by atoms with Crippen LogP contribution in [0.25, 0.3) is 12.2 Å². The minimum absolute atomic E-state index is 0.208. The summed E-state index contributed by atoms with van der Waals surface area (Å²) < 4.78 is 30.0. The molecule has 0 aliphatic heterocycles. The molecule has 0 bridgehead atoms. The van der Waals surface area contributed by atoms with Gasteiger partial charge in [0, 0.05) is 18.3 Å². The Morgan fingerprint density at radius 2 is 1.55 bits per heavy atom. The fourth-order valence-corrected chi connectivity index (χ4v) is 4.55. The number of sulfone groups is 1. The van der Waals surface area contributed by atoms with Gasteiger partial charge in [-0.3, -0.25) is 0 Å². The number of carbonyl (C=O) groups excluding carboxylic acids is 1. The maximum absolute atomic E-state index is 12.5. The van der Waals surface area contributed by atoms with E-state index in [-0.39, 0.29) is 11.7 Å². The highest BCUT2D eigenvalue weighted by Gasteiger charge is 2.13. The van der Waals surface area contributed by atoms with Crippen molar-refractivity contribution in [1.82, 2.24) is 0 Å². The maximum Gasteiger partial charge on any atom is 0.333 e. The van der Waals surface area contributed by atoms with Crippen LogP contribution in [0.5, 0.6) is 0 Å². The van der Waals surface area contributed by atoms with Crippen LogP contribution in [0.1, 0.15) is 50.7 Å². The normalized spacial score (nSPS) is 11.5. The number of hydrogen-bond donors (Lipinski definition) is 0. The number of nitrogens with zero attached hydrogens (tertiary/aromatic N) is 1. The van der Waals surface area contributed by atoms with Crippen LogP contribution in [0.4, 0.5) is 5.69 Å². The van der Waals surface area contributed by atoms with Crippen LogP contribution < -0.4 is 4.90 Å². The molecule has 2 aromatic carbocycles. The van der Waals surface area contributed by atoms with Crippen LogP contribution in [0.15, 0.2) is 65.6 Å². The standard InChI is InChI=1S/C27H35NO4S/c1-5-6-7-8-21-33(30,31)26-17-13-24(14-18-26)10-9-23-11-15-25(16-12-23)28(4)19-20-32-27(29)22(2)3/h9-18H,2,5-8,19-21H2,1,3-4H3. The number of unbranched alkanes of at least 4 members (excludes halogenated alkanes) is 3. The first-order valence-electron chi connectivity index (χ1n) is 11.4. The minimum atomic E-state index is -3.21. The molecule has 0 saturated heterocycles. The Labute approximate surface area is 198 Å². The molecular formula is C27H35NO4S. The lowest BCUT2D eigenvalue weighted by Gasteiger charge is -2.19. The first-order chi connectivity index (χ1) is 15.7. The summed E-state index contributed by atoms with van der Waals surface area (Å²) in [5.74, 6) is -0.166. The zero-order chi connectivity index (χ0) is 24.3. The molecule has 0 spiro atoms. The summed E-state index contributed by atoms with van der Waals surface area (Å²) in [6, 6.07) is 15.1. The molecule has 0 radical (unpaired) electrons. The van der Waals surface area contributed by atoms with E-state index in [1.807, 2.05) is 60.5 Å². The fourth-order valence-electron chi connectivity index (χ4n) is 3.18. The molecule has 0 N–H and O–H groups in total. The van der Waals surface area contributed by atoms with Gasteiger partial charge in [0.05, 0.1) is 17.2 Å². The van der Waals surface area contributed by atoms with E-state index < -0.39 is 9.84 Å². The number of esters is 1. The Balaban J connectivity index is 1.90. The lowest BCUT2D eigenvalue weighted by Crippen LogP contribution is -2.23. The molecule has 0 fully saturated rings. The molecule has 5 nitrogen and oxygen atoms in total. The molecule has 2 aromatic rings. The predicted molar refractivity (Wildman–Crippen MR) is 137 cm³/mol. The lowest BCUT2D eigenvalue weighted by molar-refractivity contribution is -0.138. The lowest BCUT2D eigenvalue weighted by atomic mass is 10.1. The van der Waals surface area contributed by atoms with Gasteiger partial charge in [0.1, 0.15) is 6.61 Å². The number of ether oxygens (including phenoxy) is 1. The van der Waals surface area contributed by atoms with Crippen LogP contribution in [0.2, 0.25) is 0 Å². The molecule has 0 unspecified atom stereocenters. The second kappa shape index (κ2) is 13.0. The van der Waals surface area contributed by atoms with Crippen molar-refractivity contribution >= 4 is 33.6 Å². The molecule has 0 heterocycles. The quantitative estimate of drug-likeness (QED) is 0.161. The average molecular weight is 470 g/mol. The molecule has 178 valence electrons. The van der Waals surface area contributed by atoms with Crippen molar-refractivity contribution in [2.24, 2.45) is 0 Å². The Bertz CT molecular complexity index is 1040. The number of anilines is 1. The summed E-state index contributed by atoms with van der Waals surface area (Å²) >= 11 is 0. The molecule has 0 atom stereocenters. The fraction of sp³-hybridized carbons (Fsp3) is 0.370. The van der Waals surface area contributed by atoms with Gasteiger partial charge >= 0.3 is 5.97 Å². The number of rotatable bonds is 13. The number of carbonyl (C=O) groups is 1. The van der Waals surface area contributed by atoms with Crippen LogP contribution in [0, 0.1) is 0 Å². The SMILES string of the molecule is C=C(C)C(=O)OCCN(C)c1ccc(C=Cc2ccc(S(=O)(=O)CCCCCC)cc2)cc1. The molecule has 6 heteroatoms. The second-order valence-corrected chi connectivity index (χ2v) is 10.3. The molecule has 0 aliphatic carbocycles. The summed E-state index contributed by atoms with van der Waals surface area (Å²) in [5.41, 5.74) is 3.40. The van der Waals surface area contributed by atoms with Crippen LogP contribution in [-0.2, 0) is 19.4 Å². The van der Waals surface area contributed by atoms with Crippen LogP contribution in [0.3, 0.4) is 0 Å². The first kappa shape index (κ1) is 26.4. The van der Waals surface area contributed by atoms with E-state index in [0.717, 1.165) is 36.1 Å². The van der Waals surface area contributed by atoms with Gasteiger partial charge in [0.25, 0.3) is 0 Å². The summed E-state index contributed by atoms with van der Waals surface area (Å²) in [6.07, 6.45) is 7.78. The van der Waals surface area contributed by atoms with Crippen molar-refractivity contribution in [1.29, 1.82) is 0 Å². The third kappa shape index (κ3) is 8.89. The predicted octanol–water partition coefficient (Wildman–Crippen LogP) is 5.77. The van der Waals surface area contributed by atoms with Gasteiger partial charge in [0.2, 0.25) is 0 Å². The van der Waals surface area contributed by atoms with Gasteiger partial charge in [0.15, 0.2) is 9.84 Å². The van der Waals surface area contributed by atoms with Crippen molar-refractivity contribution in [3.8, 4) is 0 Å². The monoisotopic (exact) mass is 469 g/mol. The Hall–Kier alpha value is -2.86. The Morgan fingerprint density at radius 3 is 2.09 bits per heavy atom. The number of hydrogen-bond acceptors (Lipinski definition) is 5. The summed E-state index contributed by atoms with van der Waals surface area (Å²) in [6.45, 7) is 8.20. The molecule has 0 aromatic heterocycles. The van der Waals surface area contributed by atoms with Crippen LogP contribution >= 0.6 is 0 Å². The van der Waals surface area contributed by atoms with E-state index >= 15 is 0 Å². The average Bonchev–Trinajstić information content (AvgIpc) is 2.81. The first-order valence-corrected chi connectivity index (χ1v) is 13.0. The smallest absolute Gasteiger partial charge is 0.333 e. The van der Waals surface area contributed by atoms with Gasteiger partial charge in [-0.2, -0.15) is 0 Å². The van der Waals surface area contributed by atoms with Crippen molar-refractivity contribution in [3.63, 3.8) is 0 Å². The molecule has 2 rings (SSSR count). The zero-order valence-corrected chi connectivity index (χ0v) is 20.7. The van der Waals surface area contributed by atoms with Crippen LogP contribution in [-0.4, -0.2) is 40.3 Å².